The van der Waals surface area contributed by atoms with E-state index in [1.54, 1.807) is 62.3 Å². The average Bonchev–Trinajstić information content (AvgIpc) is 3.49. The first-order chi connectivity index (χ1) is 38.0. The molecule has 4 fully saturated rings. The predicted molar refractivity (Wildman–Crippen MR) is 284 cm³/mol. The first-order valence-corrected chi connectivity index (χ1v) is 28.4. The molecule has 1 aliphatic carbocycles. The van der Waals surface area contributed by atoms with Crippen molar-refractivity contribution < 1.29 is 105 Å². The minimum atomic E-state index is -4.73. The summed E-state index contributed by atoms with van der Waals surface area (Å²) in [4.78, 5) is 77.4. The summed E-state index contributed by atoms with van der Waals surface area (Å²) in [6.45, 7) is 13.5. The zero-order valence-electron chi connectivity index (χ0n) is 48.1. The summed E-state index contributed by atoms with van der Waals surface area (Å²) >= 11 is 0. The molecule has 4 aliphatic rings. The number of nitrogens with one attached hydrogen (secondary N) is 4. The number of hydrogen-bond acceptors (Lipinski definition) is 22. The molecular formula is C51H83N7O23S. The molecule has 1 saturated carbocycles. The van der Waals surface area contributed by atoms with Gasteiger partial charge in [-0.25, -0.2) is 27.6 Å². The molecule has 466 valence electrons. The molecule has 30 nitrogen and oxygen atoms in total. The number of alkyl carbamates (subject to hydrolysis) is 2. The maximum absolute atomic E-state index is 14.5. The summed E-state index contributed by atoms with van der Waals surface area (Å²) in [5, 5.41) is 79.2. The van der Waals surface area contributed by atoms with Crippen LogP contribution in [0.4, 0.5) is 24.9 Å². The molecule has 3 aliphatic heterocycles. The van der Waals surface area contributed by atoms with E-state index in [9.17, 15) is 68.0 Å². The van der Waals surface area contributed by atoms with Crippen molar-refractivity contribution in [3.8, 4) is 0 Å². The number of aliphatic hydroxyl groups excluding tert-OH is 3. The highest BCUT2D eigenvalue weighted by molar-refractivity contribution is 7.89. The molecule has 1 unspecified atom stereocenters. The van der Waals surface area contributed by atoms with Crippen LogP contribution in [0.25, 0.3) is 0 Å². The Morgan fingerprint density at radius 1 is 0.829 bits per heavy atom. The van der Waals surface area contributed by atoms with Gasteiger partial charge in [-0.2, -0.15) is 4.31 Å². The zero-order valence-corrected chi connectivity index (χ0v) is 49.0. The van der Waals surface area contributed by atoms with Crippen molar-refractivity contribution in [1.29, 1.82) is 0 Å². The van der Waals surface area contributed by atoms with E-state index in [-0.39, 0.29) is 26.0 Å². The maximum Gasteiger partial charge on any atom is 0.410 e. The number of nitro benzene ring substituents is 1. The highest BCUT2D eigenvalue weighted by Crippen LogP contribution is 2.36. The molecule has 31 heteroatoms. The van der Waals surface area contributed by atoms with Gasteiger partial charge in [0.25, 0.3) is 11.6 Å². The van der Waals surface area contributed by atoms with Gasteiger partial charge in [-0.1, -0.05) is 12.1 Å². The van der Waals surface area contributed by atoms with Crippen LogP contribution in [0.5, 0.6) is 0 Å². The van der Waals surface area contributed by atoms with Crippen LogP contribution >= 0.6 is 0 Å². The molecule has 0 spiro atoms. The number of sulfonamides is 1. The molecular weight excluding hydrogens is 1110 g/mol. The second-order valence-electron chi connectivity index (χ2n) is 23.8. The van der Waals surface area contributed by atoms with Gasteiger partial charge in [-0.15, -0.1) is 0 Å². The van der Waals surface area contributed by atoms with Crippen LogP contribution in [0.3, 0.4) is 0 Å². The molecule has 5 rings (SSSR count). The molecule has 3 heterocycles. The number of carboxylic acid groups (broad SMARTS) is 1. The number of nitro groups is 1. The summed E-state index contributed by atoms with van der Waals surface area (Å²) in [7, 11) is -3.48. The van der Waals surface area contributed by atoms with Gasteiger partial charge in [0.05, 0.1) is 55.0 Å². The molecule has 82 heavy (non-hydrogen) atoms. The summed E-state index contributed by atoms with van der Waals surface area (Å²) in [5.74, 6) is -1.16. The summed E-state index contributed by atoms with van der Waals surface area (Å²) in [6.07, 6.45) is -18.2. The Kier molecular flexibility index (Phi) is 23.1. The molecule has 9 N–H and O–H groups in total. The van der Waals surface area contributed by atoms with E-state index in [2.05, 4.69) is 21.3 Å². The molecule has 1 aromatic carbocycles. The van der Waals surface area contributed by atoms with Crippen LogP contribution in [0.15, 0.2) is 29.2 Å². The Morgan fingerprint density at radius 3 is 2.04 bits per heavy atom. The third-order valence-electron chi connectivity index (χ3n) is 13.2. The van der Waals surface area contributed by atoms with Crippen LogP contribution in [-0.2, 0) is 57.4 Å². The first-order valence-electron chi connectivity index (χ1n) is 27.0. The highest BCUT2D eigenvalue weighted by atomic mass is 32.2. The second-order valence-corrected chi connectivity index (χ2v) is 25.7. The minimum absolute atomic E-state index is 0.0440. The monoisotopic (exact) mass is 1190 g/mol. The zero-order chi connectivity index (χ0) is 61.3. The number of amides is 5. The number of aliphatic hydroxyl groups is 4. The summed E-state index contributed by atoms with van der Waals surface area (Å²) < 4.78 is 82.8. The van der Waals surface area contributed by atoms with Crippen LogP contribution in [0.2, 0.25) is 0 Å². The van der Waals surface area contributed by atoms with Gasteiger partial charge in [-0.3, -0.25) is 14.9 Å². The number of para-hydroxylation sites is 1. The highest BCUT2D eigenvalue weighted by Gasteiger charge is 2.55. The number of hydrogen-bond donors (Lipinski definition) is 9. The fraction of sp³-hybridized carbons (Fsp3) is 0.784. The SMILES string of the molecule is CN(C(=O)OC(C)(C)C)[C@@H]1[C@@H](O)[C@@H](O[C@@H]2[C@@H](O)[C@H](O[C@H]3O[C@H](CN(CCOC4CCCCO4)S(=O)(=O)c4ccccc4[N+](=O)[O-])CC[C@H]3NC(=O)O)[C@@H](NC(=O)OC(C)(C)C)C[C@H]2NC(=O)[C@@H](O)CNC(=O)OC(C)(C)C)OC[C@]1(C)O. The van der Waals surface area contributed by atoms with Crippen molar-refractivity contribution in [2.24, 2.45) is 0 Å². The lowest BCUT2D eigenvalue weighted by molar-refractivity contribution is -0.387. The number of carbonyl (C=O) groups excluding carboxylic acids is 4. The van der Waals surface area contributed by atoms with Crippen molar-refractivity contribution in [2.75, 3.05) is 46.5 Å². The fourth-order valence-corrected chi connectivity index (χ4v) is 11.3. The molecule has 0 aromatic heterocycles. The Morgan fingerprint density at radius 2 is 1.44 bits per heavy atom. The normalized spacial score (nSPS) is 29.6. The lowest BCUT2D eigenvalue weighted by atomic mass is 9.82. The predicted octanol–water partition coefficient (Wildman–Crippen LogP) is 1.77. The van der Waals surface area contributed by atoms with Crippen molar-refractivity contribution in [2.45, 2.75) is 215 Å². The number of likely N-dealkylation sites (N-methyl/N-ethyl adjacent to an activating group) is 1. The lowest BCUT2D eigenvalue weighted by Gasteiger charge is -2.51. The Hall–Kier alpha value is -5.32. The van der Waals surface area contributed by atoms with E-state index < -0.39 is 184 Å². The van der Waals surface area contributed by atoms with Gasteiger partial charge < -0.3 is 94.3 Å². The molecule has 0 radical (unpaired) electrons. The van der Waals surface area contributed by atoms with E-state index in [1.165, 1.54) is 26.1 Å². The van der Waals surface area contributed by atoms with Gasteiger partial charge in [-0.05, 0) is 114 Å². The van der Waals surface area contributed by atoms with E-state index in [1.807, 2.05) is 0 Å². The van der Waals surface area contributed by atoms with Crippen molar-refractivity contribution in [3.63, 3.8) is 0 Å². The third kappa shape index (κ3) is 19.4. The molecule has 1 aromatic rings. The molecule has 5 amide bonds. The Balaban J connectivity index is 1.55. The molecule has 14 atom stereocenters. The van der Waals surface area contributed by atoms with E-state index in [0.29, 0.717) is 13.0 Å². The molecule has 3 saturated heterocycles. The Labute approximate surface area is 476 Å². The van der Waals surface area contributed by atoms with Crippen LogP contribution in [-0.4, -0.2) is 227 Å². The topological polar surface area (TPSA) is 401 Å². The average molecular weight is 1190 g/mol. The van der Waals surface area contributed by atoms with Gasteiger partial charge in [0.1, 0.15) is 52.9 Å². The summed E-state index contributed by atoms with van der Waals surface area (Å²) in [5.41, 5.74) is -5.76. The lowest BCUT2D eigenvalue weighted by Crippen LogP contribution is -2.71. The van der Waals surface area contributed by atoms with Crippen LogP contribution < -0.4 is 21.3 Å². The number of nitrogens with zero attached hydrogens (tertiary/aromatic N) is 3. The fourth-order valence-electron chi connectivity index (χ4n) is 9.68. The van der Waals surface area contributed by atoms with E-state index >= 15 is 0 Å². The van der Waals surface area contributed by atoms with Crippen molar-refractivity contribution >= 4 is 46.0 Å². The van der Waals surface area contributed by atoms with Gasteiger partial charge >= 0.3 is 24.4 Å². The minimum Gasteiger partial charge on any atom is -0.465 e. The number of rotatable bonds is 20. The Bertz CT molecular complexity index is 2470. The molecule has 0 bridgehead atoms. The van der Waals surface area contributed by atoms with Crippen molar-refractivity contribution in [1.82, 2.24) is 30.5 Å². The standard InChI is InChI=1S/C51H83N7O23S/c1-48(2,3)79-45(65)52-25-33(59)41(62)53-30-24-31(55-46(66)80-49(4,5)6)39(36(60)38(30)78-43-37(61)40(51(10,68)27-75-43)56(11)47(67)81-50(7,8)9)77-42-29(54-44(63)64)20-19-28(76-42)26-57(21-23-74-35-18-14-15-22-73-35)82(71,72)34-17-13-12-16-32(34)58(69)70/h12-13,16-17,28-31,33,35-40,42-43,54,59-61,68H,14-15,18-27H2,1-11H3,(H,52,65)(H,53,62)(H,55,66)(H,63,64)/t28-,29+,30+,31-,33-,35?,36+,37+,38-,39+,40+,42+,43+,51-/m0/s1. The largest absolute Gasteiger partial charge is 0.465 e. The number of ether oxygens (including phenoxy) is 9. The number of carbonyl (C=O) groups is 5. The van der Waals surface area contributed by atoms with E-state index in [0.717, 1.165) is 34.2 Å². The van der Waals surface area contributed by atoms with Gasteiger partial charge in [0.15, 0.2) is 23.8 Å². The van der Waals surface area contributed by atoms with Crippen molar-refractivity contribution in [3.05, 3.63) is 34.4 Å². The first kappa shape index (κ1) is 67.5. The number of benzene rings is 1. The summed E-state index contributed by atoms with van der Waals surface area (Å²) in [6, 6.07) is -1.08. The van der Waals surface area contributed by atoms with Crippen LogP contribution in [0, 0.1) is 10.1 Å². The quantitative estimate of drug-likeness (QED) is 0.0510. The maximum atomic E-state index is 14.5. The second kappa shape index (κ2) is 28.0. The van der Waals surface area contributed by atoms with Crippen LogP contribution in [0.1, 0.15) is 108 Å². The van der Waals surface area contributed by atoms with Gasteiger partial charge in [0.2, 0.25) is 10.0 Å². The van der Waals surface area contributed by atoms with E-state index in [4.69, 9.17) is 42.6 Å². The third-order valence-corrected chi connectivity index (χ3v) is 15.2. The smallest absolute Gasteiger partial charge is 0.410 e. The van der Waals surface area contributed by atoms with Gasteiger partial charge in [0, 0.05) is 32.8 Å².